The zero-order chi connectivity index (χ0) is 12.9. The first-order valence-electron chi connectivity index (χ1n) is 5.52. The van der Waals surface area contributed by atoms with Crippen LogP contribution in [0.25, 0.3) is 0 Å². The van der Waals surface area contributed by atoms with Crippen molar-refractivity contribution in [2.45, 2.75) is 32.8 Å². The smallest absolute Gasteiger partial charge is 0.407 e. The first-order chi connectivity index (χ1) is 7.88. The number of nitrogens with one attached hydrogen (secondary N) is 2. The first-order valence-corrected chi connectivity index (χ1v) is 5.52. The number of Topliss-reactive ketones (excluding diaryl/α,β-unsaturated/α-hetero) is 1. The molecule has 1 aromatic rings. The van der Waals surface area contributed by atoms with Gasteiger partial charge in [0.05, 0.1) is 5.69 Å². The molecule has 0 radical (unpaired) electrons. The van der Waals surface area contributed by atoms with E-state index < -0.39 is 11.7 Å². The van der Waals surface area contributed by atoms with Crippen molar-refractivity contribution < 1.29 is 14.3 Å². The topological polar surface area (TPSA) is 71.2 Å². The van der Waals surface area contributed by atoms with E-state index in [1.165, 1.54) is 0 Å². The summed E-state index contributed by atoms with van der Waals surface area (Å²) < 4.78 is 5.04. The molecule has 0 aliphatic heterocycles. The van der Waals surface area contributed by atoms with Gasteiger partial charge in [0.1, 0.15) is 5.60 Å². The number of ether oxygens (including phenoxy) is 1. The molecule has 0 bridgehead atoms. The van der Waals surface area contributed by atoms with Crippen LogP contribution < -0.4 is 5.32 Å². The molecule has 1 rings (SSSR count). The molecule has 5 heteroatoms. The Morgan fingerprint density at radius 2 is 2.12 bits per heavy atom. The van der Waals surface area contributed by atoms with E-state index in [9.17, 15) is 9.59 Å². The van der Waals surface area contributed by atoms with Crippen LogP contribution in [0.4, 0.5) is 4.79 Å². The molecule has 0 aliphatic rings. The number of amides is 1. The maximum absolute atomic E-state index is 11.5. The van der Waals surface area contributed by atoms with Gasteiger partial charge in [0.25, 0.3) is 0 Å². The Morgan fingerprint density at radius 1 is 1.41 bits per heavy atom. The van der Waals surface area contributed by atoms with Crippen molar-refractivity contribution in [1.82, 2.24) is 10.3 Å². The number of carbonyl (C=O) groups is 2. The fraction of sp³-hybridized carbons (Fsp3) is 0.500. The molecule has 0 saturated carbocycles. The van der Waals surface area contributed by atoms with E-state index in [-0.39, 0.29) is 18.7 Å². The van der Waals surface area contributed by atoms with Crippen LogP contribution >= 0.6 is 0 Å². The van der Waals surface area contributed by atoms with E-state index in [0.717, 1.165) is 0 Å². The van der Waals surface area contributed by atoms with Gasteiger partial charge in [-0.05, 0) is 32.9 Å². The molecule has 1 aromatic heterocycles. The molecule has 94 valence electrons. The number of hydrogen-bond donors (Lipinski definition) is 2. The highest BCUT2D eigenvalue weighted by atomic mass is 16.6. The van der Waals surface area contributed by atoms with Crippen molar-refractivity contribution in [2.75, 3.05) is 6.54 Å². The lowest BCUT2D eigenvalue weighted by molar-refractivity contribution is 0.0527. The Balaban J connectivity index is 2.24. The SMILES string of the molecule is CC(C)(C)OC(=O)NCCC(=O)c1ccc[nH]1. The summed E-state index contributed by atoms with van der Waals surface area (Å²) in [5, 5.41) is 2.54. The molecular formula is C12H18N2O3. The van der Waals surface area contributed by atoms with Gasteiger partial charge in [-0.15, -0.1) is 0 Å². The largest absolute Gasteiger partial charge is 0.444 e. The van der Waals surface area contributed by atoms with Crippen LogP contribution in [0.15, 0.2) is 18.3 Å². The van der Waals surface area contributed by atoms with Crippen LogP contribution in [0.5, 0.6) is 0 Å². The Hall–Kier alpha value is -1.78. The van der Waals surface area contributed by atoms with Crippen LogP contribution in [0.2, 0.25) is 0 Å². The van der Waals surface area contributed by atoms with E-state index in [1.54, 1.807) is 39.1 Å². The van der Waals surface area contributed by atoms with Crippen molar-refractivity contribution in [3.05, 3.63) is 24.0 Å². The second kappa shape index (κ2) is 5.52. The normalized spacial score (nSPS) is 11.0. The summed E-state index contributed by atoms with van der Waals surface area (Å²) in [6, 6.07) is 3.46. The van der Waals surface area contributed by atoms with Crippen molar-refractivity contribution in [3.63, 3.8) is 0 Å². The zero-order valence-corrected chi connectivity index (χ0v) is 10.4. The first kappa shape index (κ1) is 13.3. The van der Waals surface area contributed by atoms with Crippen molar-refractivity contribution in [2.24, 2.45) is 0 Å². The van der Waals surface area contributed by atoms with E-state index in [0.29, 0.717) is 5.69 Å². The lowest BCUT2D eigenvalue weighted by Crippen LogP contribution is -2.33. The average molecular weight is 238 g/mol. The quantitative estimate of drug-likeness (QED) is 0.789. The van der Waals surface area contributed by atoms with Crippen molar-refractivity contribution >= 4 is 11.9 Å². The molecule has 0 aromatic carbocycles. The van der Waals surface area contributed by atoms with Crippen LogP contribution in [-0.4, -0.2) is 29.0 Å². The summed E-state index contributed by atoms with van der Waals surface area (Å²) >= 11 is 0. The second-order valence-electron chi connectivity index (χ2n) is 4.69. The van der Waals surface area contributed by atoms with Crippen LogP contribution in [-0.2, 0) is 4.74 Å². The summed E-state index contributed by atoms with van der Waals surface area (Å²) in [7, 11) is 0. The molecule has 1 amide bonds. The maximum Gasteiger partial charge on any atom is 0.407 e. The minimum Gasteiger partial charge on any atom is -0.444 e. The number of hydrogen-bond acceptors (Lipinski definition) is 3. The third-order valence-electron chi connectivity index (χ3n) is 1.92. The van der Waals surface area contributed by atoms with E-state index in [1.807, 2.05) is 0 Å². The number of ketones is 1. The molecule has 0 unspecified atom stereocenters. The Morgan fingerprint density at radius 3 is 2.65 bits per heavy atom. The minimum atomic E-state index is -0.520. The van der Waals surface area contributed by atoms with Crippen LogP contribution in [0.3, 0.4) is 0 Å². The monoisotopic (exact) mass is 238 g/mol. The van der Waals surface area contributed by atoms with Gasteiger partial charge in [0.2, 0.25) is 0 Å². The number of carbonyl (C=O) groups excluding carboxylic acids is 2. The lowest BCUT2D eigenvalue weighted by atomic mass is 10.2. The third-order valence-corrected chi connectivity index (χ3v) is 1.92. The Kier molecular flexibility index (Phi) is 4.31. The Bertz CT molecular complexity index is 377. The second-order valence-corrected chi connectivity index (χ2v) is 4.69. The third kappa shape index (κ3) is 5.19. The number of aromatic nitrogens is 1. The highest BCUT2D eigenvalue weighted by Gasteiger charge is 2.16. The molecule has 0 spiro atoms. The van der Waals surface area contributed by atoms with Crippen LogP contribution in [0, 0.1) is 0 Å². The number of rotatable bonds is 4. The molecule has 0 aliphatic carbocycles. The minimum absolute atomic E-state index is 0.0361. The average Bonchev–Trinajstić information content (AvgIpc) is 2.66. The maximum atomic E-state index is 11.5. The van der Waals surface area contributed by atoms with Gasteiger partial charge >= 0.3 is 6.09 Å². The predicted molar refractivity (Wildman–Crippen MR) is 64.0 cm³/mol. The Labute approximate surface area is 101 Å². The summed E-state index contributed by atoms with van der Waals surface area (Å²) in [5.74, 6) is -0.0361. The predicted octanol–water partition coefficient (Wildman–Crippen LogP) is 2.11. The van der Waals surface area contributed by atoms with Gasteiger partial charge in [-0.2, -0.15) is 0 Å². The summed E-state index contributed by atoms with van der Waals surface area (Å²) in [5.41, 5.74) is 0.0316. The highest BCUT2D eigenvalue weighted by Crippen LogP contribution is 2.06. The van der Waals surface area contributed by atoms with Gasteiger partial charge in [0, 0.05) is 19.2 Å². The highest BCUT2D eigenvalue weighted by molar-refractivity contribution is 5.94. The van der Waals surface area contributed by atoms with Gasteiger partial charge < -0.3 is 15.0 Å². The van der Waals surface area contributed by atoms with Gasteiger partial charge in [-0.3, -0.25) is 4.79 Å². The molecule has 0 saturated heterocycles. The molecular weight excluding hydrogens is 220 g/mol. The fourth-order valence-corrected chi connectivity index (χ4v) is 1.23. The van der Waals surface area contributed by atoms with E-state index >= 15 is 0 Å². The molecule has 0 atom stereocenters. The van der Waals surface area contributed by atoms with Crippen molar-refractivity contribution in [1.29, 1.82) is 0 Å². The molecule has 17 heavy (non-hydrogen) atoms. The van der Waals surface area contributed by atoms with Gasteiger partial charge in [-0.1, -0.05) is 0 Å². The number of H-pyrrole nitrogens is 1. The number of alkyl carbamates (subject to hydrolysis) is 1. The van der Waals surface area contributed by atoms with Gasteiger partial charge in [-0.25, -0.2) is 4.79 Å². The summed E-state index contributed by atoms with van der Waals surface area (Å²) in [4.78, 5) is 25.6. The summed E-state index contributed by atoms with van der Waals surface area (Å²) in [6.07, 6.45) is 1.44. The fourth-order valence-electron chi connectivity index (χ4n) is 1.23. The molecule has 5 nitrogen and oxygen atoms in total. The molecule has 0 fully saturated rings. The standard InChI is InChI=1S/C12H18N2O3/c1-12(2,3)17-11(16)14-8-6-10(15)9-5-4-7-13-9/h4-5,7,13H,6,8H2,1-3H3,(H,14,16). The molecule has 2 N–H and O–H groups in total. The van der Waals surface area contributed by atoms with Crippen molar-refractivity contribution in [3.8, 4) is 0 Å². The van der Waals surface area contributed by atoms with E-state index in [4.69, 9.17) is 4.74 Å². The van der Waals surface area contributed by atoms with E-state index in [2.05, 4.69) is 10.3 Å². The van der Waals surface area contributed by atoms with Crippen LogP contribution in [0.1, 0.15) is 37.7 Å². The lowest BCUT2D eigenvalue weighted by Gasteiger charge is -2.19. The number of aromatic amines is 1. The van der Waals surface area contributed by atoms with Gasteiger partial charge in [0.15, 0.2) is 5.78 Å². The summed E-state index contributed by atoms with van der Waals surface area (Å²) in [6.45, 7) is 5.64. The molecule has 1 heterocycles. The zero-order valence-electron chi connectivity index (χ0n) is 10.4.